The van der Waals surface area contributed by atoms with Gasteiger partial charge in [-0.25, -0.2) is 4.79 Å². The summed E-state index contributed by atoms with van der Waals surface area (Å²) in [6.45, 7) is 1.70. The zero-order valence-corrected chi connectivity index (χ0v) is 10.1. The zero-order valence-electron chi connectivity index (χ0n) is 10.1. The lowest BCUT2D eigenvalue weighted by Crippen LogP contribution is -2.47. The van der Waals surface area contributed by atoms with Crippen LogP contribution in [0.2, 0.25) is 0 Å². The van der Waals surface area contributed by atoms with Crippen molar-refractivity contribution in [2.75, 3.05) is 0 Å². The zero-order chi connectivity index (χ0) is 12.4. The summed E-state index contributed by atoms with van der Waals surface area (Å²) in [5.74, 6) is 0.542. The highest BCUT2D eigenvalue weighted by Crippen LogP contribution is 2.44. The average molecular weight is 240 g/mol. The molecular formula is C12H20N2O3. The van der Waals surface area contributed by atoms with Crippen LogP contribution in [0.15, 0.2) is 0 Å². The van der Waals surface area contributed by atoms with E-state index in [2.05, 4.69) is 10.6 Å². The molecule has 17 heavy (non-hydrogen) atoms. The van der Waals surface area contributed by atoms with E-state index in [1.54, 1.807) is 6.92 Å². The van der Waals surface area contributed by atoms with E-state index < -0.39 is 5.97 Å². The Bertz CT molecular complexity index is 319. The summed E-state index contributed by atoms with van der Waals surface area (Å²) < 4.78 is 0. The third-order valence-corrected chi connectivity index (χ3v) is 3.91. The van der Waals surface area contributed by atoms with E-state index >= 15 is 0 Å². The largest absolute Gasteiger partial charge is 0.481 e. The summed E-state index contributed by atoms with van der Waals surface area (Å²) in [6, 6.07) is -0.256. The monoisotopic (exact) mass is 240 g/mol. The molecular weight excluding hydrogens is 220 g/mol. The normalized spacial score (nSPS) is 32.2. The minimum atomic E-state index is -0.891. The third-order valence-electron chi connectivity index (χ3n) is 3.91. The highest BCUT2D eigenvalue weighted by molar-refractivity contribution is 5.76. The van der Waals surface area contributed by atoms with Gasteiger partial charge in [-0.1, -0.05) is 6.42 Å². The summed E-state index contributed by atoms with van der Waals surface area (Å²) in [5.41, 5.74) is 0. The second-order valence-corrected chi connectivity index (χ2v) is 5.40. The van der Waals surface area contributed by atoms with Gasteiger partial charge in [0, 0.05) is 12.1 Å². The number of carbonyl (C=O) groups is 2. The first kappa shape index (κ1) is 12.2. The van der Waals surface area contributed by atoms with Crippen LogP contribution in [0.4, 0.5) is 4.79 Å². The Morgan fingerprint density at radius 2 is 2.12 bits per heavy atom. The minimum absolute atomic E-state index is 0.0376. The fourth-order valence-electron chi connectivity index (χ4n) is 3.17. The number of rotatable bonds is 4. The third kappa shape index (κ3) is 3.11. The van der Waals surface area contributed by atoms with Crippen LogP contribution in [0.1, 0.15) is 39.0 Å². The molecule has 2 amide bonds. The number of hydrogen-bond donors (Lipinski definition) is 3. The van der Waals surface area contributed by atoms with Crippen LogP contribution < -0.4 is 10.6 Å². The van der Waals surface area contributed by atoms with Crippen LogP contribution in [-0.2, 0) is 4.79 Å². The van der Waals surface area contributed by atoms with Crippen LogP contribution >= 0.6 is 0 Å². The van der Waals surface area contributed by atoms with E-state index in [1.807, 2.05) is 0 Å². The molecule has 0 spiro atoms. The van der Waals surface area contributed by atoms with Crippen molar-refractivity contribution in [1.29, 1.82) is 0 Å². The number of carboxylic acids is 1. The van der Waals surface area contributed by atoms with Gasteiger partial charge >= 0.3 is 12.0 Å². The molecule has 96 valence electrons. The molecule has 0 radical (unpaired) electrons. The average Bonchev–Trinajstić information content (AvgIpc) is 2.76. The fraction of sp³-hybridized carbons (Fsp3) is 0.833. The van der Waals surface area contributed by atoms with Gasteiger partial charge in [0.2, 0.25) is 0 Å². The number of hydrogen-bond acceptors (Lipinski definition) is 2. The minimum Gasteiger partial charge on any atom is -0.481 e. The first-order chi connectivity index (χ1) is 8.04. The summed E-state index contributed by atoms with van der Waals surface area (Å²) >= 11 is 0. The molecule has 0 heterocycles. The van der Waals surface area contributed by atoms with Crippen molar-refractivity contribution < 1.29 is 14.7 Å². The van der Waals surface area contributed by atoms with Crippen molar-refractivity contribution in [1.82, 2.24) is 10.6 Å². The topological polar surface area (TPSA) is 78.4 Å². The Morgan fingerprint density at radius 3 is 2.65 bits per heavy atom. The van der Waals surface area contributed by atoms with Gasteiger partial charge in [-0.2, -0.15) is 0 Å². The SMILES string of the molecule is CC(CC(=O)O)NC(=O)NC1CC2CCC1C2. The number of fused-ring (bicyclic) bond motifs is 2. The van der Waals surface area contributed by atoms with E-state index in [4.69, 9.17) is 5.11 Å². The second-order valence-electron chi connectivity index (χ2n) is 5.40. The van der Waals surface area contributed by atoms with E-state index in [1.165, 1.54) is 19.3 Å². The fourth-order valence-corrected chi connectivity index (χ4v) is 3.17. The maximum Gasteiger partial charge on any atom is 0.315 e. The molecule has 2 bridgehead atoms. The Kier molecular flexibility index (Phi) is 3.54. The van der Waals surface area contributed by atoms with Crippen LogP contribution in [0, 0.1) is 11.8 Å². The van der Waals surface area contributed by atoms with E-state index in [0.29, 0.717) is 12.0 Å². The molecule has 4 unspecified atom stereocenters. The summed E-state index contributed by atoms with van der Waals surface area (Å²) in [7, 11) is 0. The molecule has 0 aromatic carbocycles. The molecule has 2 aliphatic rings. The molecule has 0 aromatic rings. The van der Waals surface area contributed by atoms with Crippen LogP contribution in [0.25, 0.3) is 0 Å². The van der Waals surface area contributed by atoms with Gasteiger partial charge in [0.25, 0.3) is 0 Å². The van der Waals surface area contributed by atoms with Crippen LogP contribution in [0.5, 0.6) is 0 Å². The molecule has 5 nitrogen and oxygen atoms in total. The summed E-state index contributed by atoms with van der Waals surface area (Å²) in [4.78, 5) is 22.1. The Hall–Kier alpha value is -1.26. The van der Waals surface area contributed by atoms with Crippen molar-refractivity contribution in [3.8, 4) is 0 Å². The van der Waals surface area contributed by atoms with Gasteiger partial charge in [0.1, 0.15) is 0 Å². The quantitative estimate of drug-likeness (QED) is 0.693. The molecule has 0 saturated heterocycles. The first-order valence-corrected chi connectivity index (χ1v) is 6.33. The molecule has 5 heteroatoms. The number of carboxylic acid groups (broad SMARTS) is 1. The molecule has 2 rings (SSSR count). The maximum absolute atomic E-state index is 11.7. The van der Waals surface area contributed by atoms with E-state index in [9.17, 15) is 9.59 Å². The predicted octanol–water partition coefficient (Wildman–Crippen LogP) is 1.34. The number of aliphatic carboxylic acids is 1. The van der Waals surface area contributed by atoms with Gasteiger partial charge in [-0.05, 0) is 38.0 Å². The Morgan fingerprint density at radius 1 is 1.35 bits per heavy atom. The maximum atomic E-state index is 11.7. The smallest absolute Gasteiger partial charge is 0.315 e. The molecule has 4 atom stereocenters. The van der Waals surface area contributed by atoms with Crippen molar-refractivity contribution in [3.05, 3.63) is 0 Å². The predicted molar refractivity (Wildman–Crippen MR) is 62.6 cm³/mol. The number of urea groups is 1. The molecule has 2 saturated carbocycles. The number of nitrogens with one attached hydrogen (secondary N) is 2. The Labute approximate surface area is 101 Å². The standard InChI is InChI=1S/C12H20N2O3/c1-7(4-11(15)16)13-12(17)14-10-6-8-2-3-9(10)5-8/h7-10H,2-6H2,1H3,(H,15,16)(H2,13,14,17). The highest BCUT2D eigenvalue weighted by Gasteiger charge is 2.40. The van der Waals surface area contributed by atoms with Gasteiger partial charge in [0.05, 0.1) is 6.42 Å². The second kappa shape index (κ2) is 4.94. The van der Waals surface area contributed by atoms with Gasteiger partial charge in [0.15, 0.2) is 0 Å². The first-order valence-electron chi connectivity index (χ1n) is 6.33. The number of carbonyl (C=O) groups excluding carboxylic acids is 1. The lowest BCUT2D eigenvalue weighted by molar-refractivity contribution is -0.137. The van der Waals surface area contributed by atoms with Crippen molar-refractivity contribution in [3.63, 3.8) is 0 Å². The summed E-state index contributed by atoms with van der Waals surface area (Å²) in [6.07, 6.45) is 4.82. The highest BCUT2D eigenvalue weighted by atomic mass is 16.4. The van der Waals surface area contributed by atoms with E-state index in [0.717, 1.165) is 12.3 Å². The molecule has 3 N–H and O–H groups in total. The van der Waals surface area contributed by atoms with Gasteiger partial charge in [-0.3, -0.25) is 4.79 Å². The van der Waals surface area contributed by atoms with Crippen LogP contribution in [0.3, 0.4) is 0 Å². The van der Waals surface area contributed by atoms with Crippen molar-refractivity contribution >= 4 is 12.0 Å². The van der Waals surface area contributed by atoms with Crippen LogP contribution in [-0.4, -0.2) is 29.2 Å². The van der Waals surface area contributed by atoms with Crippen molar-refractivity contribution in [2.24, 2.45) is 11.8 Å². The molecule has 0 aromatic heterocycles. The van der Waals surface area contributed by atoms with E-state index in [-0.39, 0.29) is 18.5 Å². The van der Waals surface area contributed by atoms with Gasteiger partial charge in [-0.15, -0.1) is 0 Å². The summed E-state index contributed by atoms with van der Waals surface area (Å²) in [5, 5.41) is 14.2. The lowest BCUT2D eigenvalue weighted by Gasteiger charge is -2.24. The number of amides is 2. The van der Waals surface area contributed by atoms with Crippen molar-refractivity contribution in [2.45, 2.75) is 51.1 Å². The molecule has 0 aliphatic heterocycles. The van der Waals surface area contributed by atoms with Gasteiger partial charge < -0.3 is 15.7 Å². The lowest BCUT2D eigenvalue weighted by atomic mass is 9.95. The Balaban J connectivity index is 1.72. The molecule has 2 aliphatic carbocycles. The molecule has 2 fully saturated rings.